The third kappa shape index (κ3) is 4.04. The van der Waals surface area contributed by atoms with Gasteiger partial charge in [-0.25, -0.2) is 4.79 Å². The Balaban J connectivity index is 1.75. The lowest BCUT2D eigenvalue weighted by Gasteiger charge is -2.49. The average Bonchev–Trinajstić information content (AvgIpc) is 3.18. The van der Waals surface area contributed by atoms with E-state index in [1.165, 1.54) is 37.3 Å². The second kappa shape index (κ2) is 8.38. The Labute approximate surface area is 169 Å². The topological polar surface area (TPSA) is 122 Å². The molecule has 1 saturated heterocycles. The van der Waals surface area contributed by atoms with Crippen LogP contribution in [0.4, 0.5) is 0 Å². The molecule has 1 fully saturated rings. The van der Waals surface area contributed by atoms with Crippen molar-refractivity contribution in [2.45, 2.75) is 17.8 Å². The van der Waals surface area contributed by atoms with Gasteiger partial charge in [-0.2, -0.15) is 0 Å². The molecule has 2 amide bonds. The Morgan fingerprint density at radius 3 is 2.68 bits per heavy atom. The zero-order valence-corrected chi connectivity index (χ0v) is 17.6. The monoisotopic (exact) mass is 446 g/mol. The van der Waals surface area contributed by atoms with Crippen molar-refractivity contribution in [3.8, 4) is 0 Å². The maximum atomic E-state index is 12.6. The maximum Gasteiger partial charge on any atom is 0.352 e. The van der Waals surface area contributed by atoms with Crippen LogP contribution in [0.1, 0.15) is 4.88 Å². The zero-order valence-electron chi connectivity index (χ0n) is 15.1. The first-order chi connectivity index (χ1) is 13.3. The molecule has 2 aliphatic heterocycles. The van der Waals surface area contributed by atoms with Gasteiger partial charge in [-0.15, -0.1) is 23.1 Å². The number of nitrogens with zero attached hydrogens (tertiary/aromatic N) is 1. The summed E-state index contributed by atoms with van der Waals surface area (Å²) >= 11 is 2.75. The number of hydrogen-bond donors (Lipinski definition) is 2. The number of fused-ring (bicyclic) bond motifs is 1. The second-order valence-electron chi connectivity index (χ2n) is 6.10. The number of rotatable bonds is 8. The van der Waals surface area contributed by atoms with Crippen LogP contribution in [-0.2, 0) is 34.4 Å². The molecule has 0 aromatic carbocycles. The van der Waals surface area contributed by atoms with E-state index in [4.69, 9.17) is 9.05 Å². The minimum Gasteiger partial charge on any atom is -0.477 e. The van der Waals surface area contributed by atoms with E-state index in [0.29, 0.717) is 5.57 Å². The number of carbonyl (C=O) groups excluding carboxylic acids is 2. The highest BCUT2D eigenvalue weighted by molar-refractivity contribution is 8.00. The molecular weight excluding hydrogens is 427 g/mol. The molecule has 1 aromatic rings. The van der Waals surface area contributed by atoms with Crippen LogP contribution in [0, 0.1) is 0 Å². The molecule has 2 N–H and O–H groups in total. The van der Waals surface area contributed by atoms with Crippen molar-refractivity contribution in [2.24, 2.45) is 0 Å². The van der Waals surface area contributed by atoms with E-state index in [0.717, 1.165) is 9.78 Å². The molecule has 0 saturated carbocycles. The fourth-order valence-electron chi connectivity index (χ4n) is 3.04. The molecule has 0 bridgehead atoms. The van der Waals surface area contributed by atoms with Gasteiger partial charge in [-0.1, -0.05) is 6.07 Å². The highest BCUT2D eigenvalue weighted by atomic mass is 32.2. The number of carboxylic acid groups (broad SMARTS) is 1. The summed E-state index contributed by atoms with van der Waals surface area (Å²) in [4.78, 5) is 38.6. The van der Waals surface area contributed by atoms with E-state index in [-0.39, 0.29) is 29.9 Å². The van der Waals surface area contributed by atoms with E-state index in [1.54, 1.807) is 0 Å². The summed E-state index contributed by atoms with van der Waals surface area (Å²) in [6.45, 7) is 0. The molecule has 0 spiro atoms. The summed E-state index contributed by atoms with van der Waals surface area (Å²) in [6, 6.07) is 2.88. The summed E-state index contributed by atoms with van der Waals surface area (Å²) in [6.07, 6.45) is -0.0584. The standard InChI is InChI=1S/C16H19N2O7PS2/c1-24-26(23,25-2)7-9-8-28-15-12(14(20)18(15)13(9)16(21)22)17-11(19)6-10-4-3-5-27-10/h3-5,12,15H,6-8H2,1-2H3,(H,17,19)(H,21,22)/t12-,15-/m1/s1. The molecule has 152 valence electrons. The summed E-state index contributed by atoms with van der Waals surface area (Å²) in [5, 5.41) is 13.6. The molecule has 12 heteroatoms. The van der Waals surface area contributed by atoms with Crippen molar-refractivity contribution in [2.75, 3.05) is 26.1 Å². The second-order valence-corrected chi connectivity index (χ2v) is 10.5. The van der Waals surface area contributed by atoms with Gasteiger partial charge in [0.05, 0.1) is 12.6 Å². The fourth-order valence-corrected chi connectivity index (χ4v) is 6.38. The number of hydrogen-bond acceptors (Lipinski definition) is 8. The first-order valence-corrected chi connectivity index (χ1v) is 11.9. The Morgan fingerprint density at radius 1 is 1.39 bits per heavy atom. The first kappa shape index (κ1) is 21.1. The van der Waals surface area contributed by atoms with E-state index < -0.39 is 30.9 Å². The Morgan fingerprint density at radius 2 is 2.11 bits per heavy atom. The Hall–Kier alpha value is -1.65. The largest absolute Gasteiger partial charge is 0.477 e. The highest BCUT2D eigenvalue weighted by Gasteiger charge is 2.54. The van der Waals surface area contributed by atoms with Crippen LogP contribution >= 0.6 is 30.7 Å². The zero-order chi connectivity index (χ0) is 20.5. The Kier molecular flexibility index (Phi) is 6.31. The molecule has 3 heterocycles. The lowest BCUT2D eigenvalue weighted by atomic mass is 10.0. The van der Waals surface area contributed by atoms with E-state index in [9.17, 15) is 24.1 Å². The van der Waals surface area contributed by atoms with Crippen LogP contribution in [-0.4, -0.2) is 65.3 Å². The lowest BCUT2D eigenvalue weighted by Crippen LogP contribution is -2.70. The predicted octanol–water partition coefficient (Wildman–Crippen LogP) is 1.52. The van der Waals surface area contributed by atoms with Crippen molar-refractivity contribution >= 4 is 48.5 Å². The molecule has 2 atom stereocenters. The van der Waals surface area contributed by atoms with Crippen LogP contribution in [0.2, 0.25) is 0 Å². The summed E-state index contributed by atoms with van der Waals surface area (Å²) in [5.74, 6) is -1.85. The quantitative estimate of drug-likeness (QED) is 0.455. The van der Waals surface area contributed by atoms with Gasteiger partial charge < -0.3 is 19.5 Å². The van der Waals surface area contributed by atoms with Crippen molar-refractivity contribution in [3.63, 3.8) is 0 Å². The van der Waals surface area contributed by atoms with Gasteiger partial charge in [0.2, 0.25) is 5.91 Å². The summed E-state index contributed by atoms with van der Waals surface area (Å²) < 4.78 is 22.2. The predicted molar refractivity (Wildman–Crippen MR) is 104 cm³/mol. The van der Waals surface area contributed by atoms with Crippen molar-refractivity contribution in [3.05, 3.63) is 33.7 Å². The SMILES string of the molecule is COP(=O)(CC1=C(C(=O)O)N2C(=O)[C@@H](NC(=O)Cc3cccs3)[C@H]2SC1)OC. The molecule has 2 aliphatic rings. The van der Waals surface area contributed by atoms with Gasteiger partial charge in [0.25, 0.3) is 5.91 Å². The first-order valence-electron chi connectivity index (χ1n) is 8.22. The molecular formula is C16H19N2O7PS2. The van der Waals surface area contributed by atoms with E-state index in [1.807, 2.05) is 17.5 Å². The number of β-lactam (4-membered cyclic amide) rings is 1. The number of carboxylic acids is 1. The molecule has 28 heavy (non-hydrogen) atoms. The molecule has 0 unspecified atom stereocenters. The van der Waals surface area contributed by atoms with Gasteiger partial charge >= 0.3 is 13.6 Å². The van der Waals surface area contributed by atoms with Crippen LogP contribution in [0.5, 0.6) is 0 Å². The van der Waals surface area contributed by atoms with Crippen LogP contribution in [0.3, 0.4) is 0 Å². The van der Waals surface area contributed by atoms with Gasteiger partial charge in [0.15, 0.2) is 0 Å². The molecule has 0 radical (unpaired) electrons. The van der Waals surface area contributed by atoms with Crippen molar-refractivity contribution in [1.29, 1.82) is 0 Å². The third-order valence-corrected chi connectivity index (χ3v) is 8.52. The third-order valence-electron chi connectivity index (χ3n) is 4.42. The number of carbonyl (C=O) groups is 3. The average molecular weight is 446 g/mol. The minimum absolute atomic E-state index is 0.163. The molecule has 3 rings (SSSR count). The van der Waals surface area contributed by atoms with Gasteiger partial charge in [-0.3, -0.25) is 19.1 Å². The van der Waals surface area contributed by atoms with E-state index >= 15 is 0 Å². The number of nitrogens with one attached hydrogen (secondary N) is 1. The van der Waals surface area contributed by atoms with Gasteiger partial charge in [0, 0.05) is 24.8 Å². The smallest absolute Gasteiger partial charge is 0.352 e. The normalized spacial score (nSPS) is 21.9. The van der Waals surface area contributed by atoms with Gasteiger partial charge in [-0.05, 0) is 17.0 Å². The lowest BCUT2D eigenvalue weighted by molar-refractivity contribution is -0.150. The number of thioether (sulfide) groups is 1. The van der Waals surface area contributed by atoms with Crippen molar-refractivity contribution < 1.29 is 33.1 Å². The highest BCUT2D eigenvalue weighted by Crippen LogP contribution is 2.51. The van der Waals surface area contributed by atoms with Crippen LogP contribution in [0.25, 0.3) is 0 Å². The Bertz CT molecular complexity index is 862. The molecule has 1 aromatic heterocycles. The molecule has 0 aliphatic carbocycles. The minimum atomic E-state index is -3.48. The van der Waals surface area contributed by atoms with Crippen molar-refractivity contribution in [1.82, 2.24) is 10.2 Å². The number of aliphatic carboxylic acids is 1. The number of thiophene rings is 1. The van der Waals surface area contributed by atoms with Crippen LogP contribution < -0.4 is 5.32 Å². The van der Waals surface area contributed by atoms with Crippen LogP contribution in [0.15, 0.2) is 28.8 Å². The summed E-state index contributed by atoms with van der Waals surface area (Å²) in [7, 11) is -1.04. The fraction of sp³-hybridized carbons (Fsp3) is 0.438. The maximum absolute atomic E-state index is 12.6. The van der Waals surface area contributed by atoms with E-state index in [2.05, 4.69) is 5.32 Å². The van der Waals surface area contributed by atoms with Gasteiger partial charge in [0.1, 0.15) is 17.1 Å². The summed E-state index contributed by atoms with van der Waals surface area (Å²) in [5.41, 5.74) is 0.0873. The number of amides is 2. The molecule has 9 nitrogen and oxygen atoms in total.